The fourth-order valence-electron chi connectivity index (χ4n) is 3.10. The molecule has 20 heavy (non-hydrogen) atoms. The molecule has 0 spiro atoms. The number of phenols is 1. The van der Waals surface area contributed by atoms with Crippen molar-refractivity contribution in [3.63, 3.8) is 0 Å². The van der Waals surface area contributed by atoms with Crippen LogP contribution < -0.4 is 5.32 Å². The zero-order valence-electron chi connectivity index (χ0n) is 11.2. The van der Waals surface area contributed by atoms with Crippen LogP contribution in [0.4, 0.5) is 0 Å². The first-order chi connectivity index (χ1) is 9.63. The molecule has 5 nitrogen and oxygen atoms in total. The van der Waals surface area contributed by atoms with E-state index in [1.165, 1.54) is 0 Å². The van der Waals surface area contributed by atoms with E-state index in [0.29, 0.717) is 37.5 Å². The smallest absolute Gasteiger partial charge is 0.227 e. The summed E-state index contributed by atoms with van der Waals surface area (Å²) < 4.78 is 0. The van der Waals surface area contributed by atoms with Crippen LogP contribution in [-0.2, 0) is 16.0 Å². The predicted octanol–water partition coefficient (Wildman–Crippen LogP) is 0.529. The molecule has 2 fully saturated rings. The lowest BCUT2D eigenvalue weighted by atomic mass is 9.89. The van der Waals surface area contributed by atoms with Gasteiger partial charge >= 0.3 is 0 Å². The molecule has 2 N–H and O–H groups in total. The highest BCUT2D eigenvalue weighted by molar-refractivity contribution is 5.81. The summed E-state index contributed by atoms with van der Waals surface area (Å²) in [6.07, 6.45) is 0.735. The van der Waals surface area contributed by atoms with E-state index < -0.39 is 0 Å². The maximum absolute atomic E-state index is 12.3. The van der Waals surface area contributed by atoms with Gasteiger partial charge in [-0.15, -0.1) is 0 Å². The summed E-state index contributed by atoms with van der Waals surface area (Å²) in [5.74, 6) is 0.932. The van der Waals surface area contributed by atoms with Crippen LogP contribution in [0.2, 0.25) is 0 Å². The van der Waals surface area contributed by atoms with E-state index in [1.54, 1.807) is 18.2 Å². The van der Waals surface area contributed by atoms with E-state index >= 15 is 0 Å². The van der Waals surface area contributed by atoms with Gasteiger partial charge in [0.2, 0.25) is 11.8 Å². The summed E-state index contributed by atoms with van der Waals surface area (Å²) in [5, 5.41) is 12.6. The molecule has 0 aromatic heterocycles. The highest BCUT2D eigenvalue weighted by atomic mass is 16.3. The van der Waals surface area contributed by atoms with Crippen molar-refractivity contribution in [1.29, 1.82) is 0 Å². The minimum absolute atomic E-state index is 0.0216. The van der Waals surface area contributed by atoms with Gasteiger partial charge in [0.1, 0.15) is 5.75 Å². The predicted molar refractivity (Wildman–Crippen MR) is 73.0 cm³/mol. The molecule has 0 aliphatic carbocycles. The Balaban J connectivity index is 1.64. The van der Waals surface area contributed by atoms with Gasteiger partial charge < -0.3 is 15.3 Å². The van der Waals surface area contributed by atoms with Gasteiger partial charge in [0.05, 0.1) is 6.42 Å². The summed E-state index contributed by atoms with van der Waals surface area (Å²) in [5.41, 5.74) is 0.654. The van der Waals surface area contributed by atoms with Crippen LogP contribution in [0.1, 0.15) is 12.0 Å². The first-order valence-corrected chi connectivity index (χ1v) is 6.95. The fraction of sp³-hybridized carbons (Fsp3) is 0.467. The monoisotopic (exact) mass is 274 g/mol. The number of amides is 2. The second kappa shape index (κ2) is 5.15. The molecular formula is C15H18N2O3. The van der Waals surface area contributed by atoms with E-state index in [9.17, 15) is 14.7 Å². The SMILES string of the molecule is O=C1C[C@@H]2CN(C(=O)Cc3ccccc3O)C[C@@H]2CN1. The van der Waals surface area contributed by atoms with Crippen molar-refractivity contribution in [1.82, 2.24) is 10.2 Å². The van der Waals surface area contributed by atoms with Crippen molar-refractivity contribution < 1.29 is 14.7 Å². The van der Waals surface area contributed by atoms with Crippen LogP contribution in [-0.4, -0.2) is 41.5 Å². The highest BCUT2D eigenvalue weighted by Crippen LogP contribution is 2.29. The number of likely N-dealkylation sites (tertiary alicyclic amines) is 1. The zero-order valence-corrected chi connectivity index (χ0v) is 11.2. The average Bonchev–Trinajstić information content (AvgIpc) is 2.84. The molecule has 2 amide bonds. The summed E-state index contributed by atoms with van der Waals surface area (Å²) in [6, 6.07) is 6.91. The Kier molecular flexibility index (Phi) is 3.34. The summed E-state index contributed by atoms with van der Waals surface area (Å²) in [7, 11) is 0. The quantitative estimate of drug-likeness (QED) is 0.826. The standard InChI is InChI=1S/C15H18N2O3/c18-13-4-2-1-3-10(13)6-15(20)17-8-11-5-14(19)16-7-12(11)9-17/h1-4,11-12,18H,5-9H2,(H,16,19)/t11-,12+/m1/s1. The van der Waals surface area contributed by atoms with Crippen LogP contribution >= 0.6 is 0 Å². The number of hydrogen-bond donors (Lipinski definition) is 2. The van der Waals surface area contributed by atoms with E-state index in [-0.39, 0.29) is 29.9 Å². The largest absolute Gasteiger partial charge is 0.508 e. The number of piperidine rings is 1. The molecule has 106 valence electrons. The molecule has 0 bridgehead atoms. The lowest BCUT2D eigenvalue weighted by Gasteiger charge is -2.23. The topological polar surface area (TPSA) is 69.6 Å². The van der Waals surface area contributed by atoms with Gasteiger partial charge in [-0.1, -0.05) is 18.2 Å². The van der Waals surface area contributed by atoms with E-state index in [0.717, 1.165) is 0 Å². The van der Waals surface area contributed by atoms with Gasteiger partial charge in [0.25, 0.3) is 0 Å². The first kappa shape index (κ1) is 13.0. The number of carbonyl (C=O) groups is 2. The number of rotatable bonds is 2. The summed E-state index contributed by atoms with van der Waals surface area (Å²) >= 11 is 0. The molecule has 1 aromatic rings. The number of aromatic hydroxyl groups is 1. The lowest BCUT2D eigenvalue weighted by molar-refractivity contribution is -0.130. The zero-order chi connectivity index (χ0) is 14.1. The van der Waals surface area contributed by atoms with Gasteiger partial charge in [-0.2, -0.15) is 0 Å². The van der Waals surface area contributed by atoms with E-state index in [2.05, 4.69) is 5.32 Å². The Morgan fingerprint density at radius 2 is 2.05 bits per heavy atom. The van der Waals surface area contributed by atoms with Crippen LogP contribution in [0, 0.1) is 11.8 Å². The number of benzene rings is 1. The maximum Gasteiger partial charge on any atom is 0.227 e. The molecule has 0 saturated carbocycles. The second-order valence-electron chi connectivity index (χ2n) is 5.63. The number of phenolic OH excluding ortho intramolecular Hbond substituents is 1. The normalized spacial score (nSPS) is 25.2. The Morgan fingerprint density at radius 3 is 2.85 bits per heavy atom. The lowest BCUT2D eigenvalue weighted by Crippen LogP contribution is -2.40. The Bertz CT molecular complexity index is 544. The number of hydrogen-bond acceptors (Lipinski definition) is 3. The Morgan fingerprint density at radius 1 is 1.30 bits per heavy atom. The second-order valence-corrected chi connectivity index (χ2v) is 5.63. The van der Waals surface area contributed by atoms with Crippen molar-refractivity contribution in [2.45, 2.75) is 12.8 Å². The van der Waals surface area contributed by atoms with Gasteiger partial charge in [-0.05, 0) is 17.9 Å². The average molecular weight is 274 g/mol. The Labute approximate surface area is 117 Å². The number of fused-ring (bicyclic) bond motifs is 1. The van der Waals surface area contributed by atoms with E-state index in [1.807, 2.05) is 11.0 Å². The number of nitrogens with one attached hydrogen (secondary N) is 1. The van der Waals surface area contributed by atoms with Crippen molar-refractivity contribution in [2.75, 3.05) is 19.6 Å². The molecule has 2 aliphatic rings. The van der Waals surface area contributed by atoms with Gasteiger partial charge in [-0.3, -0.25) is 9.59 Å². The molecule has 0 unspecified atom stereocenters. The van der Waals surface area contributed by atoms with Crippen molar-refractivity contribution >= 4 is 11.8 Å². The van der Waals surface area contributed by atoms with Crippen LogP contribution in [0.5, 0.6) is 5.75 Å². The van der Waals surface area contributed by atoms with Crippen LogP contribution in [0.25, 0.3) is 0 Å². The van der Waals surface area contributed by atoms with Crippen molar-refractivity contribution in [2.24, 2.45) is 11.8 Å². The Hall–Kier alpha value is -2.04. The summed E-state index contributed by atoms with van der Waals surface area (Å²) in [4.78, 5) is 25.5. The first-order valence-electron chi connectivity index (χ1n) is 6.95. The maximum atomic E-state index is 12.3. The molecular weight excluding hydrogens is 256 g/mol. The van der Waals surface area contributed by atoms with Gasteiger partial charge in [-0.25, -0.2) is 0 Å². The van der Waals surface area contributed by atoms with E-state index in [4.69, 9.17) is 0 Å². The minimum atomic E-state index is 0.0216. The third-order valence-electron chi connectivity index (χ3n) is 4.27. The van der Waals surface area contributed by atoms with Crippen molar-refractivity contribution in [3.8, 4) is 5.75 Å². The number of carbonyl (C=O) groups excluding carboxylic acids is 2. The molecule has 3 rings (SSSR count). The molecule has 2 aliphatic heterocycles. The molecule has 0 radical (unpaired) electrons. The van der Waals surface area contributed by atoms with Crippen molar-refractivity contribution in [3.05, 3.63) is 29.8 Å². The van der Waals surface area contributed by atoms with Gasteiger partial charge in [0, 0.05) is 31.6 Å². The fourth-order valence-corrected chi connectivity index (χ4v) is 3.10. The van der Waals surface area contributed by atoms with Gasteiger partial charge in [0.15, 0.2) is 0 Å². The molecule has 2 heterocycles. The summed E-state index contributed by atoms with van der Waals surface area (Å²) in [6.45, 7) is 2.03. The third-order valence-corrected chi connectivity index (χ3v) is 4.27. The molecule has 5 heteroatoms. The third kappa shape index (κ3) is 2.48. The molecule has 2 saturated heterocycles. The highest BCUT2D eigenvalue weighted by Gasteiger charge is 2.38. The minimum Gasteiger partial charge on any atom is -0.508 e. The molecule has 1 aromatic carbocycles. The van der Waals surface area contributed by atoms with Crippen LogP contribution in [0.3, 0.4) is 0 Å². The number of nitrogens with zero attached hydrogens (tertiary/aromatic N) is 1. The van der Waals surface area contributed by atoms with Crippen LogP contribution in [0.15, 0.2) is 24.3 Å². The molecule has 2 atom stereocenters. The number of para-hydroxylation sites is 1.